The fourth-order valence-corrected chi connectivity index (χ4v) is 3.75. The maximum absolute atomic E-state index is 13.2. The predicted molar refractivity (Wildman–Crippen MR) is 127 cm³/mol. The van der Waals surface area contributed by atoms with E-state index in [2.05, 4.69) is 25.6 Å². The van der Waals surface area contributed by atoms with Gasteiger partial charge in [0, 0.05) is 30.3 Å². The van der Waals surface area contributed by atoms with Crippen molar-refractivity contribution in [3.63, 3.8) is 0 Å². The van der Waals surface area contributed by atoms with Crippen LogP contribution in [0.2, 0.25) is 5.02 Å². The number of carbonyl (C=O) groups excluding carboxylic acids is 1. The molecular weight excluding hydrogens is 440 g/mol. The van der Waals surface area contributed by atoms with E-state index in [0.717, 1.165) is 5.56 Å². The number of rotatable bonds is 3. The number of amides is 2. The number of nitrogens with one attached hydrogen (secondary N) is 2. The lowest BCUT2D eigenvalue weighted by atomic mass is 10.0. The van der Waals surface area contributed by atoms with Crippen molar-refractivity contribution in [2.24, 2.45) is 4.99 Å². The first-order valence-electron chi connectivity index (χ1n) is 10.3. The molecule has 0 aliphatic carbocycles. The van der Waals surface area contributed by atoms with Crippen LogP contribution in [0.1, 0.15) is 11.6 Å². The van der Waals surface area contributed by atoms with E-state index in [1.54, 1.807) is 41.6 Å². The Balaban J connectivity index is 1.56. The van der Waals surface area contributed by atoms with Gasteiger partial charge in [-0.05, 0) is 29.8 Å². The molecule has 2 amide bonds. The Morgan fingerprint density at radius 1 is 1.03 bits per heavy atom. The van der Waals surface area contributed by atoms with Crippen molar-refractivity contribution in [1.82, 2.24) is 19.8 Å². The Hall–Kier alpha value is -4.16. The lowest BCUT2D eigenvalue weighted by Crippen LogP contribution is -2.54. The van der Waals surface area contributed by atoms with E-state index in [4.69, 9.17) is 11.6 Å². The van der Waals surface area contributed by atoms with E-state index in [1.807, 2.05) is 41.4 Å². The second-order valence-electron chi connectivity index (χ2n) is 7.29. The van der Waals surface area contributed by atoms with Gasteiger partial charge in [-0.2, -0.15) is 5.26 Å². The van der Waals surface area contributed by atoms with E-state index in [-0.39, 0.29) is 12.1 Å². The number of hydrogen-bond donors (Lipinski definition) is 2. The van der Waals surface area contributed by atoms with Crippen molar-refractivity contribution in [2.75, 3.05) is 30.3 Å². The van der Waals surface area contributed by atoms with Crippen LogP contribution in [0.25, 0.3) is 0 Å². The van der Waals surface area contributed by atoms with E-state index in [0.29, 0.717) is 42.0 Å². The van der Waals surface area contributed by atoms with Gasteiger partial charge >= 0.3 is 6.03 Å². The zero-order chi connectivity index (χ0) is 23.0. The fourth-order valence-electron chi connectivity index (χ4n) is 3.63. The van der Waals surface area contributed by atoms with Gasteiger partial charge in [0.2, 0.25) is 12.2 Å². The topological polar surface area (TPSA) is 110 Å². The lowest BCUT2D eigenvalue weighted by Gasteiger charge is -2.42. The number of nitriles is 1. The monoisotopic (exact) mass is 460 g/mol. The highest BCUT2D eigenvalue weighted by Gasteiger charge is 2.33. The highest BCUT2D eigenvalue weighted by molar-refractivity contribution is 6.30. The Labute approximate surface area is 196 Å². The van der Waals surface area contributed by atoms with Gasteiger partial charge in [0.15, 0.2) is 0 Å². The highest BCUT2D eigenvalue weighted by Crippen LogP contribution is 2.27. The van der Waals surface area contributed by atoms with Crippen molar-refractivity contribution in [3.05, 3.63) is 83.9 Å². The highest BCUT2D eigenvalue weighted by atomic mass is 35.5. The minimum Gasteiger partial charge on any atom is -0.338 e. The third-order valence-corrected chi connectivity index (χ3v) is 5.45. The Bertz CT molecular complexity index is 1150. The zero-order valence-corrected chi connectivity index (χ0v) is 18.4. The van der Waals surface area contributed by atoms with Crippen LogP contribution in [-0.4, -0.2) is 51.4 Å². The molecule has 0 spiro atoms. The smallest absolute Gasteiger partial charge is 0.322 e. The number of anilines is 2. The quantitative estimate of drug-likeness (QED) is 0.347. The maximum Gasteiger partial charge on any atom is 0.322 e. The molecule has 0 radical (unpaired) electrons. The van der Waals surface area contributed by atoms with Crippen LogP contribution >= 0.6 is 11.6 Å². The zero-order valence-electron chi connectivity index (χ0n) is 17.6. The third-order valence-electron chi connectivity index (χ3n) is 5.19. The normalized spacial score (nSPS) is 16.1. The van der Waals surface area contributed by atoms with Crippen LogP contribution in [0, 0.1) is 11.5 Å². The van der Waals surface area contributed by atoms with Gasteiger partial charge in [0.05, 0.1) is 24.1 Å². The number of guanidine groups is 1. The summed E-state index contributed by atoms with van der Waals surface area (Å²) in [6.07, 6.45) is 6.48. The van der Waals surface area contributed by atoms with Gasteiger partial charge in [-0.3, -0.25) is 0 Å². The summed E-state index contributed by atoms with van der Waals surface area (Å²) in [5.41, 5.74) is 2.26. The minimum atomic E-state index is -0.259. The summed E-state index contributed by atoms with van der Waals surface area (Å²) >= 11 is 5.95. The molecule has 1 aromatic heterocycles. The van der Waals surface area contributed by atoms with E-state index < -0.39 is 0 Å². The summed E-state index contributed by atoms with van der Waals surface area (Å²) in [5, 5.41) is 15.9. The fraction of sp³-hybridized carbons (Fsp3) is 0.174. The van der Waals surface area contributed by atoms with Crippen molar-refractivity contribution in [2.45, 2.75) is 6.04 Å². The minimum absolute atomic E-state index is 0.214. The summed E-state index contributed by atoms with van der Waals surface area (Å²) in [6, 6.07) is 16.3. The van der Waals surface area contributed by atoms with E-state index in [9.17, 15) is 10.1 Å². The Kier molecular flexibility index (Phi) is 6.97. The van der Waals surface area contributed by atoms with Crippen molar-refractivity contribution in [1.29, 1.82) is 5.26 Å². The summed E-state index contributed by atoms with van der Waals surface area (Å²) in [4.78, 5) is 28.9. The van der Waals surface area contributed by atoms with Crippen LogP contribution in [0.15, 0.2) is 78.3 Å². The van der Waals surface area contributed by atoms with Crippen LogP contribution in [0.5, 0.6) is 0 Å². The molecule has 33 heavy (non-hydrogen) atoms. The number of halogens is 1. The molecule has 0 bridgehead atoms. The van der Waals surface area contributed by atoms with Gasteiger partial charge in [-0.1, -0.05) is 41.9 Å². The molecule has 2 aromatic carbocycles. The molecule has 1 unspecified atom stereocenters. The average Bonchev–Trinajstić information content (AvgIpc) is 2.86. The van der Waals surface area contributed by atoms with E-state index >= 15 is 0 Å². The molecule has 10 heteroatoms. The third kappa shape index (κ3) is 5.56. The molecule has 166 valence electrons. The first-order valence-corrected chi connectivity index (χ1v) is 10.6. The summed E-state index contributed by atoms with van der Waals surface area (Å²) in [7, 11) is 0. The molecule has 3 aromatic rings. The summed E-state index contributed by atoms with van der Waals surface area (Å²) < 4.78 is 0. The van der Waals surface area contributed by atoms with Crippen LogP contribution < -0.4 is 10.6 Å². The van der Waals surface area contributed by atoms with E-state index in [1.165, 1.54) is 6.33 Å². The van der Waals surface area contributed by atoms with Crippen LogP contribution in [0.4, 0.5) is 16.2 Å². The number of hydrogen-bond acceptors (Lipinski definition) is 5. The molecule has 4 rings (SSSR count). The van der Waals surface area contributed by atoms with Crippen LogP contribution in [-0.2, 0) is 0 Å². The molecule has 9 nitrogen and oxygen atoms in total. The second kappa shape index (κ2) is 10.4. The summed E-state index contributed by atoms with van der Waals surface area (Å²) in [6.45, 7) is 1.36. The molecule has 1 atom stereocenters. The number of benzene rings is 2. The van der Waals surface area contributed by atoms with Gasteiger partial charge in [0.1, 0.15) is 6.33 Å². The Morgan fingerprint density at radius 3 is 2.45 bits per heavy atom. The molecule has 2 heterocycles. The van der Waals surface area contributed by atoms with Crippen molar-refractivity contribution >= 4 is 35.0 Å². The standard InChI is InChI=1S/C23H21ClN8O/c24-18-6-8-19(9-7-18)30-23(33)32-11-10-31(14-21(32)17-4-2-1-3-5-17)22(28-15-25)29-20-12-26-16-27-13-20/h1-9,12-13,16,21H,10-11,14H2,(H,28,29)(H,30,33). The Morgan fingerprint density at radius 2 is 1.76 bits per heavy atom. The number of aromatic nitrogens is 2. The molecule has 1 aliphatic rings. The summed E-state index contributed by atoms with van der Waals surface area (Å²) in [5.74, 6) is 0.381. The maximum atomic E-state index is 13.2. The number of urea groups is 1. The number of carbonyl (C=O) groups is 1. The first kappa shape index (κ1) is 22.0. The van der Waals surface area contributed by atoms with Crippen molar-refractivity contribution < 1.29 is 4.79 Å². The van der Waals surface area contributed by atoms with Gasteiger partial charge < -0.3 is 20.4 Å². The number of piperazine rings is 1. The predicted octanol–water partition coefficient (Wildman–Crippen LogP) is 3.97. The van der Waals surface area contributed by atoms with Gasteiger partial charge in [0.25, 0.3) is 0 Å². The number of nitrogens with zero attached hydrogens (tertiary/aromatic N) is 6. The molecule has 1 saturated heterocycles. The SMILES string of the molecule is N#C/N=C(/Nc1cncnc1)N1CCN(C(=O)Nc2ccc(Cl)cc2)C(c2ccccc2)C1. The van der Waals surface area contributed by atoms with Gasteiger partial charge in [-0.25, -0.2) is 14.8 Å². The van der Waals surface area contributed by atoms with Crippen molar-refractivity contribution in [3.8, 4) is 6.19 Å². The largest absolute Gasteiger partial charge is 0.338 e. The lowest BCUT2D eigenvalue weighted by molar-refractivity contribution is 0.136. The average molecular weight is 461 g/mol. The number of aliphatic imine (C=N–C) groups is 1. The molecule has 1 aliphatic heterocycles. The second-order valence-corrected chi connectivity index (χ2v) is 7.73. The molecular formula is C23H21ClN8O. The molecule has 1 fully saturated rings. The first-order chi connectivity index (χ1) is 16.1. The van der Waals surface area contributed by atoms with Gasteiger partial charge in [-0.15, -0.1) is 4.99 Å². The molecule has 2 N–H and O–H groups in total. The molecule has 0 saturated carbocycles. The van der Waals surface area contributed by atoms with Crippen LogP contribution in [0.3, 0.4) is 0 Å².